The number of hydrogen-bond donors (Lipinski definition) is 0. The number of fused-ring (bicyclic) bond motifs is 1. The first-order valence-electron chi connectivity index (χ1n) is 9.62. The molecular weight excluding hydrogens is 386 g/mol. The molecule has 1 fully saturated rings. The van der Waals surface area contributed by atoms with Gasteiger partial charge in [0.25, 0.3) is 5.91 Å². The molecule has 0 bridgehead atoms. The number of carbonyl (C=O) groups excluding carboxylic acids is 2. The van der Waals surface area contributed by atoms with E-state index in [0.29, 0.717) is 18.4 Å². The Kier molecular flexibility index (Phi) is 5.20. The fourth-order valence-electron chi connectivity index (χ4n) is 3.74. The zero-order valence-corrected chi connectivity index (χ0v) is 16.6. The van der Waals surface area contributed by atoms with Crippen LogP contribution in [-0.4, -0.2) is 36.9 Å². The van der Waals surface area contributed by atoms with Crippen molar-refractivity contribution < 1.29 is 18.0 Å². The highest BCUT2D eigenvalue weighted by Gasteiger charge is 2.40. The maximum absolute atomic E-state index is 13.3. The summed E-state index contributed by atoms with van der Waals surface area (Å²) in [7, 11) is -3.92. The van der Waals surface area contributed by atoms with Gasteiger partial charge in [0.05, 0.1) is 4.90 Å². The summed E-state index contributed by atoms with van der Waals surface area (Å²) in [6, 6.07) is 20.9. The quantitative estimate of drug-likeness (QED) is 0.619. The Bertz CT molecular complexity index is 1170. The van der Waals surface area contributed by atoms with Crippen molar-refractivity contribution in [3.63, 3.8) is 0 Å². The summed E-state index contributed by atoms with van der Waals surface area (Å²) in [5, 5.41) is 0.477. The highest BCUT2D eigenvalue weighted by molar-refractivity contribution is 7.92. The molecule has 0 N–H and O–H groups in total. The topological polar surface area (TPSA) is 71.5 Å². The molecule has 148 valence electrons. The van der Waals surface area contributed by atoms with Gasteiger partial charge in [0, 0.05) is 12.1 Å². The van der Waals surface area contributed by atoms with E-state index in [-0.39, 0.29) is 17.9 Å². The molecule has 4 rings (SSSR count). The van der Waals surface area contributed by atoms with E-state index in [4.69, 9.17) is 0 Å². The standard InChI is InChI=1S/C23H21NO4S/c25-22(18-9-2-1-3-10-18)24-15-7-6-12-21(23(24)26)29(27,28)20-14-13-17-8-4-5-11-19(17)16-20/h1-5,8-11,13-14,16,21H,6-7,12,15H2/t21-/m0/s1. The molecule has 1 heterocycles. The van der Waals surface area contributed by atoms with Gasteiger partial charge in [0.15, 0.2) is 9.84 Å². The van der Waals surface area contributed by atoms with Gasteiger partial charge < -0.3 is 0 Å². The predicted octanol–water partition coefficient (Wildman–Crippen LogP) is 3.84. The number of likely N-dealkylation sites (tertiary alicyclic amines) is 1. The van der Waals surface area contributed by atoms with Gasteiger partial charge in [-0.15, -0.1) is 0 Å². The van der Waals surface area contributed by atoms with Crippen LogP contribution < -0.4 is 0 Å². The molecular formula is C23H21NO4S. The smallest absolute Gasteiger partial charge is 0.260 e. The maximum Gasteiger partial charge on any atom is 0.260 e. The van der Waals surface area contributed by atoms with Crippen molar-refractivity contribution in [1.29, 1.82) is 0 Å². The Morgan fingerprint density at radius 3 is 2.31 bits per heavy atom. The van der Waals surface area contributed by atoms with Gasteiger partial charge in [0.2, 0.25) is 5.91 Å². The highest BCUT2D eigenvalue weighted by Crippen LogP contribution is 2.28. The van der Waals surface area contributed by atoms with E-state index in [9.17, 15) is 18.0 Å². The number of imide groups is 1. The Hall–Kier alpha value is -2.99. The molecule has 0 aromatic heterocycles. The number of benzene rings is 3. The minimum Gasteiger partial charge on any atom is -0.277 e. The summed E-state index contributed by atoms with van der Waals surface area (Å²) < 4.78 is 26.7. The second-order valence-electron chi connectivity index (χ2n) is 7.20. The van der Waals surface area contributed by atoms with E-state index in [1.54, 1.807) is 48.5 Å². The molecule has 29 heavy (non-hydrogen) atoms. The molecule has 0 unspecified atom stereocenters. The molecule has 0 spiro atoms. The van der Waals surface area contributed by atoms with E-state index in [2.05, 4.69) is 0 Å². The highest BCUT2D eigenvalue weighted by atomic mass is 32.2. The normalized spacial score (nSPS) is 17.9. The first-order chi connectivity index (χ1) is 14.0. The average Bonchev–Trinajstić information content (AvgIpc) is 2.95. The lowest BCUT2D eigenvalue weighted by Gasteiger charge is -2.23. The first kappa shape index (κ1) is 19.3. The van der Waals surface area contributed by atoms with Crippen molar-refractivity contribution in [2.75, 3.05) is 6.54 Å². The number of rotatable bonds is 3. The van der Waals surface area contributed by atoms with E-state index < -0.39 is 26.9 Å². The number of hydrogen-bond acceptors (Lipinski definition) is 4. The van der Waals surface area contributed by atoms with E-state index in [0.717, 1.165) is 15.7 Å². The van der Waals surface area contributed by atoms with Crippen LogP contribution in [0.15, 0.2) is 77.7 Å². The van der Waals surface area contributed by atoms with Gasteiger partial charge in [-0.3, -0.25) is 14.5 Å². The molecule has 0 radical (unpaired) electrons. The second kappa shape index (κ2) is 7.79. The van der Waals surface area contributed by atoms with Crippen LogP contribution in [0.2, 0.25) is 0 Å². The molecule has 3 aromatic rings. The molecule has 0 saturated carbocycles. The first-order valence-corrected chi connectivity index (χ1v) is 11.2. The second-order valence-corrected chi connectivity index (χ2v) is 9.33. The minimum atomic E-state index is -3.92. The van der Waals surface area contributed by atoms with Crippen LogP contribution in [0, 0.1) is 0 Å². The summed E-state index contributed by atoms with van der Waals surface area (Å²) in [4.78, 5) is 27.2. The summed E-state index contributed by atoms with van der Waals surface area (Å²) >= 11 is 0. The molecule has 1 aliphatic rings. The van der Waals surface area contributed by atoms with Gasteiger partial charge in [-0.25, -0.2) is 8.42 Å². The number of nitrogens with zero attached hydrogens (tertiary/aromatic N) is 1. The molecule has 2 amide bonds. The Labute approximate surface area is 169 Å². The summed E-state index contributed by atoms with van der Waals surface area (Å²) in [6.45, 7) is 0.232. The molecule has 3 aromatic carbocycles. The third-order valence-corrected chi connectivity index (χ3v) is 7.43. The molecule has 1 aliphatic heterocycles. The van der Waals surface area contributed by atoms with Gasteiger partial charge in [-0.05, 0) is 54.3 Å². The molecule has 1 atom stereocenters. The van der Waals surface area contributed by atoms with Gasteiger partial charge in [-0.2, -0.15) is 0 Å². The van der Waals surface area contributed by atoms with Crippen molar-refractivity contribution in [1.82, 2.24) is 4.90 Å². The monoisotopic (exact) mass is 407 g/mol. The molecule has 6 heteroatoms. The van der Waals surface area contributed by atoms with Crippen LogP contribution >= 0.6 is 0 Å². The van der Waals surface area contributed by atoms with E-state index in [1.165, 1.54) is 0 Å². The molecule has 1 saturated heterocycles. The van der Waals surface area contributed by atoms with Gasteiger partial charge in [0.1, 0.15) is 5.25 Å². The van der Waals surface area contributed by atoms with Crippen LogP contribution in [0.3, 0.4) is 0 Å². The van der Waals surface area contributed by atoms with Crippen LogP contribution in [0.1, 0.15) is 29.6 Å². The zero-order valence-electron chi connectivity index (χ0n) is 15.8. The fourth-order valence-corrected chi connectivity index (χ4v) is 5.49. The van der Waals surface area contributed by atoms with Crippen LogP contribution in [0.4, 0.5) is 0 Å². The maximum atomic E-state index is 13.3. The fraction of sp³-hybridized carbons (Fsp3) is 0.217. The Morgan fingerprint density at radius 1 is 0.862 bits per heavy atom. The van der Waals surface area contributed by atoms with E-state index in [1.807, 2.05) is 24.3 Å². The van der Waals surface area contributed by atoms with Crippen molar-refractivity contribution in [3.05, 3.63) is 78.4 Å². The third-order valence-electron chi connectivity index (χ3n) is 5.33. The van der Waals surface area contributed by atoms with Crippen molar-refractivity contribution in [3.8, 4) is 0 Å². The lowest BCUT2D eigenvalue weighted by atomic mass is 10.1. The summed E-state index contributed by atoms with van der Waals surface area (Å²) in [5.41, 5.74) is 0.379. The summed E-state index contributed by atoms with van der Waals surface area (Å²) in [6.07, 6.45) is 1.38. The van der Waals surface area contributed by atoms with Crippen molar-refractivity contribution in [2.24, 2.45) is 0 Å². The third kappa shape index (κ3) is 3.68. The number of carbonyl (C=O) groups is 2. The average molecular weight is 407 g/mol. The van der Waals surface area contributed by atoms with Gasteiger partial charge in [-0.1, -0.05) is 48.5 Å². The number of sulfone groups is 1. The molecule has 0 aliphatic carbocycles. The minimum absolute atomic E-state index is 0.114. The lowest BCUT2D eigenvalue weighted by Crippen LogP contribution is -2.45. The van der Waals surface area contributed by atoms with Crippen molar-refractivity contribution >= 4 is 32.4 Å². The van der Waals surface area contributed by atoms with Crippen molar-refractivity contribution in [2.45, 2.75) is 29.4 Å². The van der Waals surface area contributed by atoms with Crippen LogP contribution in [0.25, 0.3) is 10.8 Å². The lowest BCUT2D eigenvalue weighted by molar-refractivity contribution is -0.127. The van der Waals surface area contributed by atoms with Crippen LogP contribution in [0.5, 0.6) is 0 Å². The van der Waals surface area contributed by atoms with Crippen LogP contribution in [-0.2, 0) is 14.6 Å². The van der Waals surface area contributed by atoms with E-state index >= 15 is 0 Å². The predicted molar refractivity (Wildman–Crippen MR) is 111 cm³/mol. The SMILES string of the molecule is O=C(c1ccccc1)N1CCCC[C@H](S(=O)(=O)c2ccc3ccccc3c2)C1=O. The largest absolute Gasteiger partial charge is 0.277 e. The zero-order chi connectivity index (χ0) is 20.4. The number of amides is 2. The van der Waals surface area contributed by atoms with Gasteiger partial charge >= 0.3 is 0 Å². The molecule has 5 nitrogen and oxygen atoms in total. The Balaban J connectivity index is 1.70. The summed E-state index contributed by atoms with van der Waals surface area (Å²) in [5.74, 6) is -1.08. The Morgan fingerprint density at radius 2 is 1.55 bits per heavy atom.